The van der Waals surface area contributed by atoms with Crippen LogP contribution in [-0.2, 0) is 0 Å². The normalized spacial score (nSPS) is 11.1. The van der Waals surface area contributed by atoms with Gasteiger partial charge in [0.15, 0.2) is 11.1 Å². The molecular weight excluding hydrogens is 280 g/mol. The third-order valence-electron chi connectivity index (χ3n) is 3.58. The molecule has 2 aromatic carbocycles. The summed E-state index contributed by atoms with van der Waals surface area (Å²) in [5, 5.41) is 0.717. The molecule has 2 heterocycles. The second-order valence-corrected chi connectivity index (χ2v) is 4.93. The van der Waals surface area contributed by atoms with E-state index in [1.807, 2.05) is 48.5 Å². The summed E-state index contributed by atoms with van der Waals surface area (Å²) in [7, 11) is 0. The van der Waals surface area contributed by atoms with Crippen LogP contribution in [0.3, 0.4) is 0 Å². The Kier molecular flexibility index (Phi) is 2.66. The van der Waals surface area contributed by atoms with Crippen LogP contribution >= 0.6 is 0 Å². The Balaban J connectivity index is 2.03. The minimum atomic E-state index is -0.371. The Bertz CT molecular complexity index is 1060. The lowest BCUT2D eigenvalue weighted by Gasteiger charge is -2.04. The Labute approximate surface area is 124 Å². The zero-order valence-electron chi connectivity index (χ0n) is 11.4. The number of nitrogens with one attached hydrogen (secondary N) is 1. The van der Waals surface area contributed by atoms with Gasteiger partial charge in [-0.1, -0.05) is 36.4 Å². The molecule has 4 aromatic rings. The van der Waals surface area contributed by atoms with Crippen molar-refractivity contribution in [2.45, 2.75) is 0 Å². The summed E-state index contributed by atoms with van der Waals surface area (Å²) in [5.41, 5.74) is 2.79. The van der Waals surface area contributed by atoms with Gasteiger partial charge in [-0.3, -0.25) is 9.59 Å². The highest BCUT2D eigenvalue weighted by Crippen LogP contribution is 2.27. The molecule has 0 aliphatic heterocycles. The van der Waals surface area contributed by atoms with Gasteiger partial charge in [-0.15, -0.1) is 0 Å². The molecule has 5 heteroatoms. The highest BCUT2D eigenvalue weighted by molar-refractivity contribution is 6.02. The minimum Gasteiger partial charge on any atom is -0.433 e. The maximum Gasteiger partial charge on any atom is 0.278 e. The molecule has 0 bridgehead atoms. The molecule has 0 fully saturated rings. The van der Waals surface area contributed by atoms with E-state index in [-0.39, 0.29) is 17.0 Å². The Morgan fingerprint density at radius 1 is 1.05 bits per heavy atom. The number of carbonyl (C=O) groups is 1. The van der Waals surface area contributed by atoms with E-state index in [4.69, 9.17) is 4.42 Å². The molecule has 0 radical (unpaired) electrons. The van der Waals surface area contributed by atoms with Gasteiger partial charge in [0.1, 0.15) is 0 Å². The number of pyridine rings is 1. The van der Waals surface area contributed by atoms with E-state index in [1.54, 1.807) is 0 Å². The molecule has 22 heavy (non-hydrogen) atoms. The number of fused-ring (bicyclic) bond motifs is 3. The lowest BCUT2D eigenvalue weighted by atomic mass is 10.0. The fraction of sp³-hybridized carbons (Fsp3) is 0. The zero-order valence-corrected chi connectivity index (χ0v) is 11.4. The summed E-state index contributed by atoms with van der Waals surface area (Å²) in [6.07, 6.45) is 0.490. The minimum absolute atomic E-state index is 0.0971. The van der Waals surface area contributed by atoms with E-state index in [9.17, 15) is 9.59 Å². The average molecular weight is 290 g/mol. The van der Waals surface area contributed by atoms with E-state index in [0.717, 1.165) is 16.5 Å². The molecule has 2 aromatic heterocycles. The molecule has 0 unspecified atom stereocenters. The topological polar surface area (TPSA) is 76.0 Å². The first-order valence-corrected chi connectivity index (χ1v) is 6.73. The summed E-state index contributed by atoms with van der Waals surface area (Å²) in [6, 6.07) is 15.5. The molecule has 4 rings (SSSR count). The van der Waals surface area contributed by atoms with Crippen LogP contribution in [0.25, 0.3) is 33.1 Å². The molecule has 0 saturated heterocycles. The summed E-state index contributed by atoms with van der Waals surface area (Å²) in [5.74, 6) is -0.0971. The molecule has 0 amide bonds. The summed E-state index contributed by atoms with van der Waals surface area (Å²) in [6.45, 7) is 0. The van der Waals surface area contributed by atoms with E-state index >= 15 is 0 Å². The predicted octanol–water partition coefficient (Wildman–Crippen LogP) is 3.15. The van der Waals surface area contributed by atoms with Crippen molar-refractivity contribution in [2.75, 3.05) is 0 Å². The Morgan fingerprint density at radius 2 is 1.86 bits per heavy atom. The Morgan fingerprint density at radius 3 is 2.64 bits per heavy atom. The third-order valence-corrected chi connectivity index (χ3v) is 3.58. The van der Waals surface area contributed by atoms with Crippen LogP contribution in [-0.4, -0.2) is 16.3 Å². The number of nitrogens with zero attached hydrogens (tertiary/aromatic N) is 1. The van der Waals surface area contributed by atoms with Crippen molar-refractivity contribution in [1.29, 1.82) is 0 Å². The van der Waals surface area contributed by atoms with Crippen LogP contribution < -0.4 is 5.56 Å². The van der Waals surface area contributed by atoms with Gasteiger partial charge in [0.25, 0.3) is 11.4 Å². The molecule has 0 aliphatic carbocycles. The van der Waals surface area contributed by atoms with Crippen molar-refractivity contribution in [2.24, 2.45) is 0 Å². The summed E-state index contributed by atoms with van der Waals surface area (Å²) >= 11 is 0. The number of benzene rings is 2. The van der Waals surface area contributed by atoms with Gasteiger partial charge in [0.05, 0.1) is 5.52 Å². The predicted molar refractivity (Wildman–Crippen MR) is 83.0 cm³/mol. The maximum atomic E-state index is 12.1. The number of aldehydes is 1. The van der Waals surface area contributed by atoms with Crippen LogP contribution in [0.5, 0.6) is 0 Å². The van der Waals surface area contributed by atoms with E-state index < -0.39 is 0 Å². The molecule has 0 spiro atoms. The fourth-order valence-electron chi connectivity index (χ4n) is 2.56. The maximum absolute atomic E-state index is 12.1. The second-order valence-electron chi connectivity index (χ2n) is 4.93. The van der Waals surface area contributed by atoms with Gasteiger partial charge in [0.2, 0.25) is 6.29 Å². The van der Waals surface area contributed by atoms with Crippen molar-refractivity contribution >= 4 is 28.3 Å². The number of aromatic nitrogens is 2. The zero-order chi connectivity index (χ0) is 15.1. The summed E-state index contributed by atoms with van der Waals surface area (Å²) < 4.78 is 5.36. The quantitative estimate of drug-likeness (QED) is 0.575. The van der Waals surface area contributed by atoms with Gasteiger partial charge in [-0.05, 0) is 23.3 Å². The molecule has 0 aliphatic rings. The summed E-state index contributed by atoms with van der Waals surface area (Å²) in [4.78, 5) is 29.5. The van der Waals surface area contributed by atoms with Crippen molar-refractivity contribution in [3.8, 4) is 11.1 Å². The van der Waals surface area contributed by atoms with Crippen molar-refractivity contribution in [3.05, 3.63) is 64.8 Å². The molecule has 0 atom stereocenters. The molecule has 1 N–H and O–H groups in total. The van der Waals surface area contributed by atoms with Crippen molar-refractivity contribution in [3.63, 3.8) is 0 Å². The number of hydrogen-bond donors (Lipinski definition) is 1. The Hall–Kier alpha value is -3.21. The van der Waals surface area contributed by atoms with Crippen molar-refractivity contribution in [1.82, 2.24) is 9.97 Å². The molecule has 0 saturated carbocycles. The molecule has 5 nitrogen and oxygen atoms in total. The van der Waals surface area contributed by atoms with Gasteiger partial charge < -0.3 is 9.40 Å². The highest BCUT2D eigenvalue weighted by atomic mass is 16.4. The van der Waals surface area contributed by atoms with Crippen LogP contribution in [0.4, 0.5) is 0 Å². The monoisotopic (exact) mass is 290 g/mol. The number of oxazole rings is 1. The van der Waals surface area contributed by atoms with Gasteiger partial charge in [-0.25, -0.2) is 4.98 Å². The van der Waals surface area contributed by atoms with E-state index in [2.05, 4.69) is 9.97 Å². The first kappa shape index (κ1) is 12.5. The largest absolute Gasteiger partial charge is 0.433 e. The first-order valence-electron chi connectivity index (χ1n) is 6.73. The number of aromatic amines is 1. The van der Waals surface area contributed by atoms with Crippen LogP contribution in [0, 0.1) is 0 Å². The van der Waals surface area contributed by atoms with Crippen LogP contribution in [0.15, 0.2) is 57.7 Å². The third kappa shape index (κ3) is 1.83. The molecular formula is C17H10N2O3. The standard InChI is InChI=1S/C17H10N2O3/c20-9-14-19-15-16(22-14)12-7-6-11(8-13(12)18-17(15)21)10-4-2-1-3-5-10/h1-9H,(H,18,21). The second kappa shape index (κ2) is 4.66. The van der Waals surface area contributed by atoms with E-state index in [1.165, 1.54) is 0 Å². The smallest absolute Gasteiger partial charge is 0.278 e. The first-order chi connectivity index (χ1) is 10.8. The number of H-pyrrole nitrogens is 1. The van der Waals surface area contributed by atoms with E-state index in [0.29, 0.717) is 17.4 Å². The van der Waals surface area contributed by atoms with Crippen LogP contribution in [0.2, 0.25) is 0 Å². The number of carbonyl (C=O) groups excluding carboxylic acids is 1. The van der Waals surface area contributed by atoms with Gasteiger partial charge >= 0.3 is 0 Å². The highest BCUT2D eigenvalue weighted by Gasteiger charge is 2.13. The van der Waals surface area contributed by atoms with Gasteiger partial charge in [0, 0.05) is 5.39 Å². The number of rotatable bonds is 2. The fourth-order valence-corrected chi connectivity index (χ4v) is 2.56. The SMILES string of the molecule is O=Cc1nc2c(=O)[nH]c3cc(-c4ccccc4)ccc3c2o1. The van der Waals surface area contributed by atoms with Gasteiger partial charge in [-0.2, -0.15) is 0 Å². The average Bonchev–Trinajstić information content (AvgIpc) is 3.00. The molecule has 106 valence electrons. The number of hydrogen-bond acceptors (Lipinski definition) is 4. The van der Waals surface area contributed by atoms with Crippen molar-refractivity contribution < 1.29 is 9.21 Å². The van der Waals surface area contributed by atoms with Crippen LogP contribution in [0.1, 0.15) is 10.7 Å². The lowest BCUT2D eigenvalue weighted by molar-refractivity contribution is 0.109. The lowest BCUT2D eigenvalue weighted by Crippen LogP contribution is -2.06.